The molecule has 0 saturated heterocycles. The third-order valence-electron chi connectivity index (χ3n) is 3.58. The van der Waals surface area contributed by atoms with Gasteiger partial charge >= 0.3 is 6.61 Å². The first-order valence-corrected chi connectivity index (χ1v) is 7.77. The SMILES string of the molecule is CCC(F)CCc1ccc(CCCC(C)F)cc1OC(F)F. The lowest BCUT2D eigenvalue weighted by Gasteiger charge is -2.13. The van der Waals surface area contributed by atoms with Gasteiger partial charge in [0.1, 0.15) is 11.9 Å². The summed E-state index contributed by atoms with van der Waals surface area (Å²) in [7, 11) is 0. The van der Waals surface area contributed by atoms with Gasteiger partial charge in [-0.1, -0.05) is 19.1 Å². The summed E-state index contributed by atoms with van der Waals surface area (Å²) in [4.78, 5) is 0. The average Bonchev–Trinajstić information content (AvgIpc) is 2.45. The van der Waals surface area contributed by atoms with Crippen LogP contribution in [0.3, 0.4) is 0 Å². The molecule has 0 aliphatic rings. The average molecular weight is 320 g/mol. The smallest absolute Gasteiger partial charge is 0.387 e. The Balaban J connectivity index is 2.74. The van der Waals surface area contributed by atoms with E-state index < -0.39 is 19.0 Å². The first kappa shape index (κ1) is 18.8. The molecule has 0 amide bonds. The topological polar surface area (TPSA) is 9.23 Å². The standard InChI is InChI=1S/C17H24F4O/c1-3-15(19)10-9-14-8-7-13(6-4-5-12(2)18)11-16(14)22-17(20)21/h7-8,11-12,15,17H,3-6,9-10H2,1-2H3. The predicted octanol–water partition coefficient (Wildman–Crippen LogP) is 5.65. The molecule has 0 aromatic heterocycles. The minimum absolute atomic E-state index is 0.101. The fraction of sp³-hybridized carbons (Fsp3) is 0.647. The molecule has 1 aromatic carbocycles. The van der Waals surface area contributed by atoms with E-state index in [1.807, 2.05) is 6.07 Å². The number of ether oxygens (including phenoxy) is 1. The van der Waals surface area contributed by atoms with E-state index in [0.717, 1.165) is 5.56 Å². The molecule has 0 radical (unpaired) electrons. The van der Waals surface area contributed by atoms with Crippen LogP contribution >= 0.6 is 0 Å². The Morgan fingerprint density at radius 1 is 1.05 bits per heavy atom. The van der Waals surface area contributed by atoms with Crippen molar-refractivity contribution in [3.05, 3.63) is 29.3 Å². The summed E-state index contributed by atoms with van der Waals surface area (Å²) in [6.07, 6.45) is 0.935. The molecular formula is C17H24F4O. The monoisotopic (exact) mass is 320 g/mol. The minimum Gasteiger partial charge on any atom is -0.435 e. The molecule has 0 spiro atoms. The van der Waals surface area contributed by atoms with Crippen LogP contribution in [0.1, 0.15) is 50.7 Å². The molecule has 1 rings (SSSR count). The quantitative estimate of drug-likeness (QED) is 0.506. The summed E-state index contributed by atoms with van der Waals surface area (Å²) in [5.74, 6) is 0.101. The fourth-order valence-corrected chi connectivity index (χ4v) is 2.27. The molecule has 0 aliphatic carbocycles. The molecule has 0 bridgehead atoms. The van der Waals surface area contributed by atoms with Crippen molar-refractivity contribution in [1.29, 1.82) is 0 Å². The van der Waals surface area contributed by atoms with Crippen LogP contribution in [-0.4, -0.2) is 19.0 Å². The van der Waals surface area contributed by atoms with E-state index in [0.29, 0.717) is 37.7 Å². The Morgan fingerprint density at radius 2 is 1.77 bits per heavy atom. The van der Waals surface area contributed by atoms with Crippen LogP contribution in [0.2, 0.25) is 0 Å². The molecule has 1 aromatic rings. The normalized spacial score (nSPS) is 14.1. The van der Waals surface area contributed by atoms with E-state index in [-0.39, 0.29) is 12.2 Å². The second-order valence-corrected chi connectivity index (χ2v) is 5.54. The van der Waals surface area contributed by atoms with E-state index >= 15 is 0 Å². The van der Waals surface area contributed by atoms with Crippen LogP contribution in [0, 0.1) is 0 Å². The van der Waals surface area contributed by atoms with E-state index in [1.54, 1.807) is 19.1 Å². The highest BCUT2D eigenvalue weighted by Crippen LogP contribution is 2.26. The van der Waals surface area contributed by atoms with Crippen molar-refractivity contribution in [2.24, 2.45) is 0 Å². The van der Waals surface area contributed by atoms with Gasteiger partial charge in [-0.2, -0.15) is 8.78 Å². The van der Waals surface area contributed by atoms with Gasteiger partial charge in [-0.05, 0) is 62.6 Å². The number of benzene rings is 1. The van der Waals surface area contributed by atoms with Gasteiger partial charge in [0, 0.05) is 0 Å². The Bertz CT molecular complexity index is 435. The molecule has 2 atom stereocenters. The highest BCUT2D eigenvalue weighted by atomic mass is 19.3. The van der Waals surface area contributed by atoms with E-state index in [2.05, 4.69) is 4.74 Å². The van der Waals surface area contributed by atoms with Gasteiger partial charge in [-0.15, -0.1) is 0 Å². The van der Waals surface area contributed by atoms with E-state index in [1.165, 1.54) is 6.92 Å². The lowest BCUT2D eigenvalue weighted by Crippen LogP contribution is -2.07. The number of halogens is 4. The van der Waals surface area contributed by atoms with Crippen molar-refractivity contribution in [2.75, 3.05) is 0 Å². The second-order valence-electron chi connectivity index (χ2n) is 5.54. The van der Waals surface area contributed by atoms with Crippen molar-refractivity contribution in [2.45, 2.75) is 71.3 Å². The highest BCUT2D eigenvalue weighted by molar-refractivity contribution is 5.38. The first-order valence-electron chi connectivity index (χ1n) is 7.77. The largest absolute Gasteiger partial charge is 0.435 e. The lowest BCUT2D eigenvalue weighted by atomic mass is 10.0. The number of rotatable bonds is 10. The molecule has 126 valence electrons. The molecule has 5 heteroatoms. The van der Waals surface area contributed by atoms with Gasteiger partial charge in [-0.25, -0.2) is 8.78 Å². The summed E-state index contributed by atoms with van der Waals surface area (Å²) in [6, 6.07) is 5.08. The minimum atomic E-state index is -2.91. The number of hydrogen-bond donors (Lipinski definition) is 0. The third kappa shape index (κ3) is 7.14. The molecule has 0 heterocycles. The van der Waals surface area contributed by atoms with Gasteiger partial charge in [-0.3, -0.25) is 0 Å². The highest BCUT2D eigenvalue weighted by Gasteiger charge is 2.13. The first-order chi connectivity index (χ1) is 10.4. The number of aryl methyl sites for hydroxylation is 2. The molecule has 0 fully saturated rings. The van der Waals surface area contributed by atoms with Crippen molar-refractivity contribution in [3.63, 3.8) is 0 Å². The van der Waals surface area contributed by atoms with E-state index in [9.17, 15) is 17.6 Å². The van der Waals surface area contributed by atoms with Crippen molar-refractivity contribution < 1.29 is 22.3 Å². The molecule has 2 unspecified atom stereocenters. The van der Waals surface area contributed by atoms with Crippen LogP contribution in [0.4, 0.5) is 17.6 Å². The zero-order chi connectivity index (χ0) is 16.5. The van der Waals surface area contributed by atoms with Gasteiger partial charge < -0.3 is 4.74 Å². The molecule has 22 heavy (non-hydrogen) atoms. The zero-order valence-electron chi connectivity index (χ0n) is 13.1. The maximum atomic E-state index is 13.3. The van der Waals surface area contributed by atoms with Crippen LogP contribution in [0.25, 0.3) is 0 Å². The zero-order valence-corrected chi connectivity index (χ0v) is 13.1. The molecule has 0 aliphatic heterocycles. The van der Waals surface area contributed by atoms with Crippen LogP contribution in [0.15, 0.2) is 18.2 Å². The predicted molar refractivity (Wildman–Crippen MR) is 80.1 cm³/mol. The van der Waals surface area contributed by atoms with Crippen LogP contribution in [-0.2, 0) is 12.8 Å². The van der Waals surface area contributed by atoms with Crippen molar-refractivity contribution in [3.8, 4) is 5.75 Å². The summed E-state index contributed by atoms with van der Waals surface area (Å²) in [5.41, 5.74) is 1.41. The molecule has 0 saturated carbocycles. The second kappa shape index (κ2) is 9.70. The number of hydrogen-bond acceptors (Lipinski definition) is 1. The maximum Gasteiger partial charge on any atom is 0.387 e. The van der Waals surface area contributed by atoms with Crippen molar-refractivity contribution >= 4 is 0 Å². The van der Waals surface area contributed by atoms with Gasteiger partial charge in [0.2, 0.25) is 0 Å². The fourth-order valence-electron chi connectivity index (χ4n) is 2.27. The van der Waals surface area contributed by atoms with Crippen LogP contribution in [0.5, 0.6) is 5.75 Å². The third-order valence-corrected chi connectivity index (χ3v) is 3.58. The Labute approximate surface area is 129 Å². The number of alkyl halides is 4. The van der Waals surface area contributed by atoms with Crippen LogP contribution < -0.4 is 4.74 Å². The summed E-state index contributed by atoms with van der Waals surface area (Å²) < 4.78 is 55.6. The Hall–Kier alpha value is -1.26. The Kier molecular flexibility index (Phi) is 8.28. The molecule has 1 nitrogen and oxygen atoms in total. The molecular weight excluding hydrogens is 296 g/mol. The van der Waals surface area contributed by atoms with Gasteiger partial charge in [0.05, 0.1) is 6.17 Å². The van der Waals surface area contributed by atoms with Gasteiger partial charge in [0.15, 0.2) is 0 Å². The summed E-state index contributed by atoms with van der Waals surface area (Å²) in [5, 5.41) is 0. The lowest BCUT2D eigenvalue weighted by molar-refractivity contribution is -0.0505. The van der Waals surface area contributed by atoms with E-state index in [4.69, 9.17) is 0 Å². The summed E-state index contributed by atoms with van der Waals surface area (Å²) >= 11 is 0. The van der Waals surface area contributed by atoms with Gasteiger partial charge in [0.25, 0.3) is 0 Å². The van der Waals surface area contributed by atoms with Crippen molar-refractivity contribution in [1.82, 2.24) is 0 Å². The maximum absolute atomic E-state index is 13.3. The Morgan fingerprint density at radius 3 is 2.36 bits per heavy atom. The summed E-state index contributed by atoms with van der Waals surface area (Å²) in [6.45, 7) is 0.332. The molecule has 0 N–H and O–H groups in total.